The number of aliphatic imine (C=N–C) groups is 1. The van der Waals surface area contributed by atoms with Crippen LogP contribution in [0, 0.1) is 5.92 Å². The third-order valence-corrected chi connectivity index (χ3v) is 2.10. The van der Waals surface area contributed by atoms with Gasteiger partial charge in [-0.25, -0.2) is 0 Å². The lowest BCUT2D eigenvalue weighted by Crippen LogP contribution is -2.18. The molecule has 58 valence electrons. The van der Waals surface area contributed by atoms with Crippen molar-refractivity contribution in [1.82, 2.24) is 0 Å². The van der Waals surface area contributed by atoms with Crippen LogP contribution in [0.2, 0.25) is 0 Å². The van der Waals surface area contributed by atoms with E-state index in [1.54, 1.807) is 0 Å². The molecular formula is C8H15NO. The van der Waals surface area contributed by atoms with Crippen LogP contribution in [0.1, 0.15) is 25.7 Å². The molecule has 2 heteroatoms. The molecule has 0 aromatic carbocycles. The Bertz CT molecular complexity index is 114. The zero-order chi connectivity index (χ0) is 7.40. The van der Waals surface area contributed by atoms with Crippen LogP contribution < -0.4 is 0 Å². The Morgan fingerprint density at radius 1 is 1.30 bits per heavy atom. The van der Waals surface area contributed by atoms with Gasteiger partial charge >= 0.3 is 0 Å². The lowest BCUT2D eigenvalue weighted by atomic mass is 9.88. The lowest BCUT2D eigenvalue weighted by molar-refractivity contribution is 0.121. The van der Waals surface area contributed by atoms with Gasteiger partial charge in [-0.3, -0.25) is 0 Å². The van der Waals surface area contributed by atoms with E-state index in [2.05, 4.69) is 4.99 Å². The van der Waals surface area contributed by atoms with Crippen LogP contribution in [-0.4, -0.2) is 24.5 Å². The SMILES string of the molecule is C/N=C/C1CCC(O)CC1. The van der Waals surface area contributed by atoms with Crippen LogP contribution in [0.3, 0.4) is 0 Å². The third kappa shape index (κ3) is 2.10. The molecule has 1 aliphatic carbocycles. The molecule has 0 amide bonds. The Labute approximate surface area is 62.0 Å². The van der Waals surface area contributed by atoms with Crippen LogP contribution in [0.4, 0.5) is 0 Å². The Kier molecular flexibility index (Phi) is 2.87. The zero-order valence-electron chi connectivity index (χ0n) is 6.45. The molecule has 1 N–H and O–H groups in total. The summed E-state index contributed by atoms with van der Waals surface area (Å²) < 4.78 is 0. The maximum absolute atomic E-state index is 9.15. The summed E-state index contributed by atoms with van der Waals surface area (Å²) in [5.41, 5.74) is 0. The first-order chi connectivity index (χ1) is 4.83. The predicted octanol–water partition coefficient (Wildman–Crippen LogP) is 1.24. The summed E-state index contributed by atoms with van der Waals surface area (Å²) in [6, 6.07) is 0. The molecule has 0 radical (unpaired) electrons. The van der Waals surface area contributed by atoms with Gasteiger partial charge in [0.15, 0.2) is 0 Å². The second kappa shape index (κ2) is 3.71. The van der Waals surface area contributed by atoms with Gasteiger partial charge in [0, 0.05) is 13.3 Å². The molecule has 0 saturated heterocycles. The predicted molar refractivity (Wildman–Crippen MR) is 42.4 cm³/mol. The second-order valence-electron chi connectivity index (χ2n) is 2.98. The maximum Gasteiger partial charge on any atom is 0.0540 e. The van der Waals surface area contributed by atoms with Gasteiger partial charge in [0.2, 0.25) is 0 Å². The average Bonchev–Trinajstić information content (AvgIpc) is 1.95. The molecule has 0 spiro atoms. The van der Waals surface area contributed by atoms with Crippen molar-refractivity contribution >= 4 is 6.21 Å². The summed E-state index contributed by atoms with van der Waals surface area (Å²) in [6.07, 6.45) is 6.09. The topological polar surface area (TPSA) is 32.6 Å². The fraction of sp³-hybridized carbons (Fsp3) is 0.875. The number of nitrogens with zero attached hydrogens (tertiary/aromatic N) is 1. The van der Waals surface area contributed by atoms with Gasteiger partial charge in [0.05, 0.1) is 6.10 Å². The Morgan fingerprint density at radius 2 is 1.90 bits per heavy atom. The molecule has 1 fully saturated rings. The highest BCUT2D eigenvalue weighted by molar-refractivity contribution is 5.60. The van der Waals surface area contributed by atoms with Gasteiger partial charge < -0.3 is 10.1 Å². The number of hydrogen-bond acceptors (Lipinski definition) is 2. The van der Waals surface area contributed by atoms with Crippen LogP contribution in [0.25, 0.3) is 0 Å². The molecule has 1 rings (SSSR count). The van der Waals surface area contributed by atoms with Gasteiger partial charge in [-0.15, -0.1) is 0 Å². The molecule has 0 unspecified atom stereocenters. The van der Waals surface area contributed by atoms with Crippen molar-refractivity contribution in [2.45, 2.75) is 31.8 Å². The zero-order valence-corrected chi connectivity index (χ0v) is 6.45. The quantitative estimate of drug-likeness (QED) is 0.547. The molecule has 0 bridgehead atoms. The van der Waals surface area contributed by atoms with Gasteiger partial charge in [-0.05, 0) is 31.6 Å². The molecule has 10 heavy (non-hydrogen) atoms. The number of aliphatic hydroxyl groups is 1. The number of rotatable bonds is 1. The first-order valence-corrected chi connectivity index (χ1v) is 3.93. The van der Waals surface area contributed by atoms with E-state index >= 15 is 0 Å². The first-order valence-electron chi connectivity index (χ1n) is 3.93. The summed E-state index contributed by atoms with van der Waals surface area (Å²) in [5.74, 6) is 0.633. The summed E-state index contributed by atoms with van der Waals surface area (Å²) in [4.78, 5) is 3.98. The minimum Gasteiger partial charge on any atom is -0.393 e. The van der Waals surface area contributed by atoms with Crippen molar-refractivity contribution in [2.75, 3.05) is 7.05 Å². The average molecular weight is 141 g/mol. The van der Waals surface area contributed by atoms with Crippen molar-refractivity contribution < 1.29 is 5.11 Å². The highest BCUT2D eigenvalue weighted by Gasteiger charge is 2.16. The van der Waals surface area contributed by atoms with E-state index in [4.69, 9.17) is 5.11 Å². The summed E-state index contributed by atoms with van der Waals surface area (Å²) >= 11 is 0. The standard InChI is InChI=1S/C8H15NO/c1-9-6-7-2-4-8(10)5-3-7/h6-8,10H,2-5H2,1H3/b9-6+. The van der Waals surface area contributed by atoms with E-state index in [1.807, 2.05) is 13.3 Å². The number of hydrogen-bond donors (Lipinski definition) is 1. The monoisotopic (exact) mass is 141 g/mol. The number of aliphatic hydroxyl groups excluding tert-OH is 1. The van der Waals surface area contributed by atoms with Crippen molar-refractivity contribution in [2.24, 2.45) is 10.9 Å². The normalized spacial score (nSPS) is 35.0. The van der Waals surface area contributed by atoms with E-state index in [0.29, 0.717) is 5.92 Å². The molecule has 1 saturated carbocycles. The Morgan fingerprint density at radius 3 is 2.40 bits per heavy atom. The molecule has 0 heterocycles. The van der Waals surface area contributed by atoms with Crippen LogP contribution in [0.5, 0.6) is 0 Å². The maximum atomic E-state index is 9.15. The van der Waals surface area contributed by atoms with Crippen molar-refractivity contribution in [3.63, 3.8) is 0 Å². The molecule has 1 aliphatic rings. The summed E-state index contributed by atoms with van der Waals surface area (Å²) in [7, 11) is 1.81. The van der Waals surface area contributed by atoms with Gasteiger partial charge in [-0.1, -0.05) is 0 Å². The molecule has 0 aromatic heterocycles. The molecular weight excluding hydrogens is 126 g/mol. The Balaban J connectivity index is 2.26. The van der Waals surface area contributed by atoms with Gasteiger partial charge in [0.25, 0.3) is 0 Å². The lowest BCUT2D eigenvalue weighted by Gasteiger charge is -2.21. The van der Waals surface area contributed by atoms with Gasteiger partial charge in [-0.2, -0.15) is 0 Å². The largest absolute Gasteiger partial charge is 0.393 e. The fourth-order valence-corrected chi connectivity index (χ4v) is 1.46. The van der Waals surface area contributed by atoms with Crippen LogP contribution in [0.15, 0.2) is 4.99 Å². The van der Waals surface area contributed by atoms with E-state index in [1.165, 1.54) is 0 Å². The van der Waals surface area contributed by atoms with Crippen LogP contribution >= 0.6 is 0 Å². The van der Waals surface area contributed by atoms with E-state index < -0.39 is 0 Å². The van der Waals surface area contributed by atoms with Crippen molar-refractivity contribution in [1.29, 1.82) is 0 Å². The fourth-order valence-electron chi connectivity index (χ4n) is 1.46. The molecule has 0 aromatic rings. The molecule has 2 nitrogen and oxygen atoms in total. The molecule has 0 aliphatic heterocycles. The second-order valence-corrected chi connectivity index (χ2v) is 2.98. The Hall–Kier alpha value is -0.370. The van der Waals surface area contributed by atoms with Gasteiger partial charge in [0.1, 0.15) is 0 Å². The van der Waals surface area contributed by atoms with E-state index in [9.17, 15) is 0 Å². The molecule has 0 atom stereocenters. The highest BCUT2D eigenvalue weighted by Crippen LogP contribution is 2.22. The highest BCUT2D eigenvalue weighted by atomic mass is 16.3. The third-order valence-electron chi connectivity index (χ3n) is 2.10. The minimum atomic E-state index is -0.0403. The van der Waals surface area contributed by atoms with E-state index in [-0.39, 0.29) is 6.10 Å². The minimum absolute atomic E-state index is 0.0403. The summed E-state index contributed by atoms with van der Waals surface area (Å²) in [5, 5.41) is 9.15. The van der Waals surface area contributed by atoms with Crippen molar-refractivity contribution in [3.8, 4) is 0 Å². The first kappa shape index (κ1) is 7.73. The van der Waals surface area contributed by atoms with E-state index in [0.717, 1.165) is 25.7 Å². The smallest absolute Gasteiger partial charge is 0.0540 e. The van der Waals surface area contributed by atoms with Crippen LogP contribution in [-0.2, 0) is 0 Å². The summed E-state index contributed by atoms with van der Waals surface area (Å²) in [6.45, 7) is 0. The van der Waals surface area contributed by atoms with Crippen molar-refractivity contribution in [3.05, 3.63) is 0 Å².